The summed E-state index contributed by atoms with van der Waals surface area (Å²) in [7, 11) is 1.91. The molecule has 0 radical (unpaired) electrons. The van der Waals surface area contributed by atoms with Gasteiger partial charge in [0.05, 0.1) is 12.1 Å². The summed E-state index contributed by atoms with van der Waals surface area (Å²) < 4.78 is 1.83. The number of carbonyl (C=O) groups excluding carboxylic acids is 1. The van der Waals surface area contributed by atoms with Crippen molar-refractivity contribution in [3.8, 4) is 0 Å². The van der Waals surface area contributed by atoms with Crippen LogP contribution in [0.5, 0.6) is 0 Å². The van der Waals surface area contributed by atoms with Crippen LogP contribution in [0.4, 0.5) is 5.69 Å². The zero-order valence-corrected chi connectivity index (χ0v) is 15.7. The molecule has 1 heterocycles. The van der Waals surface area contributed by atoms with E-state index >= 15 is 0 Å². The molecule has 0 saturated heterocycles. The van der Waals surface area contributed by atoms with Crippen molar-refractivity contribution in [1.29, 1.82) is 0 Å². The van der Waals surface area contributed by atoms with E-state index in [2.05, 4.69) is 37.3 Å². The lowest BCUT2D eigenvalue weighted by atomic mass is 9.91. The highest BCUT2D eigenvalue weighted by atomic mass is 16.1. The van der Waals surface area contributed by atoms with E-state index in [1.54, 1.807) is 0 Å². The Morgan fingerprint density at radius 2 is 1.88 bits per heavy atom. The molecule has 1 amide bonds. The minimum Gasteiger partial charge on any atom is -0.326 e. The summed E-state index contributed by atoms with van der Waals surface area (Å²) in [5, 5.41) is 7.49. The van der Waals surface area contributed by atoms with Crippen LogP contribution in [-0.4, -0.2) is 15.7 Å². The summed E-state index contributed by atoms with van der Waals surface area (Å²) in [4.78, 5) is 12.5. The van der Waals surface area contributed by atoms with Crippen LogP contribution < -0.4 is 5.32 Å². The fraction of sp³-hybridized carbons (Fsp3) is 0.500. The van der Waals surface area contributed by atoms with Crippen molar-refractivity contribution in [3.63, 3.8) is 0 Å². The summed E-state index contributed by atoms with van der Waals surface area (Å²) in [6, 6.07) is 8.12. The van der Waals surface area contributed by atoms with E-state index in [1.165, 1.54) is 5.56 Å². The second-order valence-electron chi connectivity index (χ2n) is 7.12. The van der Waals surface area contributed by atoms with Crippen LogP contribution in [-0.2, 0) is 18.3 Å². The average molecular weight is 327 g/mol. The van der Waals surface area contributed by atoms with E-state index in [-0.39, 0.29) is 5.91 Å². The van der Waals surface area contributed by atoms with Crippen LogP contribution in [0, 0.1) is 19.8 Å². The second-order valence-corrected chi connectivity index (χ2v) is 7.12. The molecule has 4 heteroatoms. The van der Waals surface area contributed by atoms with Crippen LogP contribution in [0.2, 0.25) is 0 Å². The number of aromatic nitrogens is 2. The van der Waals surface area contributed by atoms with Gasteiger partial charge in [-0.3, -0.25) is 9.48 Å². The Morgan fingerprint density at radius 1 is 1.21 bits per heavy atom. The van der Waals surface area contributed by atoms with Crippen LogP contribution in [0.3, 0.4) is 0 Å². The largest absolute Gasteiger partial charge is 0.326 e. The average Bonchev–Trinajstić information content (AvgIpc) is 2.73. The van der Waals surface area contributed by atoms with Gasteiger partial charge in [-0.1, -0.05) is 39.0 Å². The van der Waals surface area contributed by atoms with Crippen molar-refractivity contribution in [2.45, 2.75) is 53.4 Å². The number of nitrogens with zero attached hydrogens (tertiary/aromatic N) is 2. The maximum atomic E-state index is 12.5. The number of hydrogen-bond acceptors (Lipinski definition) is 2. The molecular formula is C20H29N3O. The van der Waals surface area contributed by atoms with E-state index in [1.807, 2.05) is 43.8 Å². The van der Waals surface area contributed by atoms with Crippen molar-refractivity contribution < 1.29 is 4.79 Å². The van der Waals surface area contributed by atoms with E-state index in [9.17, 15) is 4.79 Å². The number of nitrogens with one attached hydrogen (secondary N) is 1. The maximum Gasteiger partial charge on any atom is 0.228 e. The molecule has 2 aromatic rings. The van der Waals surface area contributed by atoms with Crippen molar-refractivity contribution in [1.82, 2.24) is 9.78 Å². The number of hydrogen-bond donors (Lipinski definition) is 1. The Morgan fingerprint density at radius 3 is 2.46 bits per heavy atom. The van der Waals surface area contributed by atoms with E-state index in [4.69, 9.17) is 0 Å². The first-order valence-electron chi connectivity index (χ1n) is 8.67. The zero-order chi connectivity index (χ0) is 17.9. The van der Waals surface area contributed by atoms with Gasteiger partial charge in [-0.15, -0.1) is 0 Å². The van der Waals surface area contributed by atoms with Crippen molar-refractivity contribution >= 4 is 11.6 Å². The topological polar surface area (TPSA) is 46.9 Å². The highest BCUT2D eigenvalue weighted by Gasteiger charge is 2.16. The van der Waals surface area contributed by atoms with Crippen LogP contribution in [0.25, 0.3) is 0 Å². The molecule has 0 aliphatic heterocycles. The smallest absolute Gasteiger partial charge is 0.228 e. The molecule has 2 rings (SSSR count). The van der Waals surface area contributed by atoms with Gasteiger partial charge in [0, 0.05) is 24.0 Å². The van der Waals surface area contributed by atoms with Gasteiger partial charge in [0.15, 0.2) is 0 Å². The lowest BCUT2D eigenvalue weighted by Crippen LogP contribution is -2.17. The minimum absolute atomic E-state index is 0.0124. The van der Waals surface area contributed by atoms with E-state index < -0.39 is 0 Å². The second kappa shape index (κ2) is 7.65. The third kappa shape index (κ3) is 4.25. The first-order valence-corrected chi connectivity index (χ1v) is 8.67. The fourth-order valence-electron chi connectivity index (χ4n) is 3.30. The summed E-state index contributed by atoms with van der Waals surface area (Å²) >= 11 is 0. The first kappa shape index (κ1) is 18.2. The highest BCUT2D eigenvalue weighted by Crippen LogP contribution is 2.29. The minimum atomic E-state index is 0.0124. The molecule has 1 unspecified atom stereocenters. The fourth-order valence-corrected chi connectivity index (χ4v) is 3.30. The van der Waals surface area contributed by atoms with Crippen LogP contribution >= 0.6 is 0 Å². The molecule has 0 bridgehead atoms. The Hall–Kier alpha value is -2.10. The molecule has 4 nitrogen and oxygen atoms in total. The van der Waals surface area contributed by atoms with Gasteiger partial charge in [-0.25, -0.2) is 0 Å². The lowest BCUT2D eigenvalue weighted by Gasteiger charge is -2.18. The Labute approximate surface area is 145 Å². The Kier molecular flexibility index (Phi) is 5.81. The molecule has 1 atom stereocenters. The molecule has 0 spiro atoms. The standard InChI is InChI=1S/C20H29N3O/c1-13(2)11-14(3)17-9-7-8-10-19(17)21-20(24)12-18-15(4)22-23(6)16(18)5/h7-10,13-14H,11-12H2,1-6H3,(H,21,24). The number of aryl methyl sites for hydroxylation is 2. The number of rotatable bonds is 6. The lowest BCUT2D eigenvalue weighted by molar-refractivity contribution is -0.115. The van der Waals surface area contributed by atoms with Crippen LogP contribution in [0.15, 0.2) is 24.3 Å². The normalized spacial score (nSPS) is 12.5. The summed E-state index contributed by atoms with van der Waals surface area (Å²) in [6.45, 7) is 10.6. The predicted octanol–water partition coefficient (Wildman–Crippen LogP) is 4.37. The molecule has 1 N–H and O–H groups in total. The Bertz CT molecular complexity index is 716. The molecule has 0 aliphatic carbocycles. The van der Waals surface area contributed by atoms with Crippen LogP contribution in [0.1, 0.15) is 55.6 Å². The monoisotopic (exact) mass is 327 g/mol. The zero-order valence-electron chi connectivity index (χ0n) is 15.7. The molecule has 1 aromatic heterocycles. The van der Waals surface area contributed by atoms with E-state index in [0.717, 1.165) is 29.1 Å². The molecule has 0 saturated carbocycles. The molecule has 0 fully saturated rings. The number of carbonyl (C=O) groups is 1. The van der Waals surface area contributed by atoms with Crippen molar-refractivity contribution in [3.05, 3.63) is 46.8 Å². The molecule has 24 heavy (non-hydrogen) atoms. The predicted molar refractivity (Wildman–Crippen MR) is 99.3 cm³/mol. The summed E-state index contributed by atoms with van der Waals surface area (Å²) in [5.74, 6) is 1.06. The van der Waals surface area contributed by atoms with Gasteiger partial charge < -0.3 is 5.32 Å². The molecule has 130 valence electrons. The van der Waals surface area contributed by atoms with Gasteiger partial charge in [0.2, 0.25) is 5.91 Å². The number of para-hydroxylation sites is 1. The van der Waals surface area contributed by atoms with Gasteiger partial charge in [-0.2, -0.15) is 5.10 Å². The first-order chi connectivity index (χ1) is 11.3. The summed E-state index contributed by atoms with van der Waals surface area (Å²) in [5.41, 5.74) is 5.12. The van der Waals surface area contributed by atoms with Gasteiger partial charge in [0.25, 0.3) is 0 Å². The highest BCUT2D eigenvalue weighted by molar-refractivity contribution is 5.93. The Balaban J connectivity index is 2.15. The summed E-state index contributed by atoms with van der Waals surface area (Å²) in [6.07, 6.45) is 1.46. The third-order valence-corrected chi connectivity index (χ3v) is 4.59. The maximum absolute atomic E-state index is 12.5. The van der Waals surface area contributed by atoms with Gasteiger partial charge in [0.1, 0.15) is 0 Å². The number of amides is 1. The number of benzene rings is 1. The quantitative estimate of drug-likeness (QED) is 0.856. The SMILES string of the molecule is Cc1nn(C)c(C)c1CC(=O)Nc1ccccc1C(C)CC(C)C. The molecule has 1 aromatic carbocycles. The van der Waals surface area contributed by atoms with Crippen molar-refractivity contribution in [2.24, 2.45) is 13.0 Å². The number of anilines is 1. The van der Waals surface area contributed by atoms with Gasteiger partial charge >= 0.3 is 0 Å². The van der Waals surface area contributed by atoms with Gasteiger partial charge in [-0.05, 0) is 43.7 Å². The molecule has 0 aliphatic rings. The third-order valence-electron chi connectivity index (χ3n) is 4.59. The van der Waals surface area contributed by atoms with Crippen molar-refractivity contribution in [2.75, 3.05) is 5.32 Å². The molecular weight excluding hydrogens is 298 g/mol. The van der Waals surface area contributed by atoms with E-state index in [0.29, 0.717) is 18.3 Å².